The van der Waals surface area contributed by atoms with Gasteiger partial charge in [0.2, 0.25) is 15.9 Å². The van der Waals surface area contributed by atoms with Gasteiger partial charge in [0.05, 0.1) is 16.5 Å². The third-order valence-corrected chi connectivity index (χ3v) is 11.3. The van der Waals surface area contributed by atoms with Crippen molar-refractivity contribution in [2.75, 3.05) is 25.0 Å². The van der Waals surface area contributed by atoms with E-state index in [0.29, 0.717) is 30.6 Å². The van der Waals surface area contributed by atoms with Crippen molar-refractivity contribution in [2.24, 2.45) is 0 Å². The van der Waals surface area contributed by atoms with Crippen molar-refractivity contribution >= 4 is 21.6 Å². The Labute approximate surface area is 274 Å². The molecule has 0 unspecified atom stereocenters. The quantitative estimate of drug-likeness (QED) is 0.261. The lowest BCUT2D eigenvalue weighted by Crippen LogP contribution is -2.55. The van der Waals surface area contributed by atoms with E-state index in [1.807, 2.05) is 36.9 Å². The highest BCUT2D eigenvalue weighted by Gasteiger charge is 2.49. The number of sulfonamides is 1. The number of hydrogen-bond acceptors (Lipinski definition) is 7. The number of nitrogens with zero attached hydrogens (tertiary/aromatic N) is 3. The van der Waals surface area contributed by atoms with E-state index >= 15 is 0 Å². The molecule has 1 fully saturated rings. The number of likely N-dealkylation sites (tertiary alicyclic amines) is 1. The van der Waals surface area contributed by atoms with Gasteiger partial charge in [0.25, 0.3) is 5.91 Å². The minimum atomic E-state index is -4.04. The van der Waals surface area contributed by atoms with Crippen LogP contribution in [0.5, 0.6) is 5.88 Å². The van der Waals surface area contributed by atoms with Gasteiger partial charge in [-0.05, 0) is 88.3 Å². The minimum absolute atomic E-state index is 0.00775. The van der Waals surface area contributed by atoms with Crippen molar-refractivity contribution < 1.29 is 23.1 Å². The van der Waals surface area contributed by atoms with Crippen LogP contribution in [0.4, 0.5) is 5.69 Å². The maximum absolute atomic E-state index is 14.3. The lowest BCUT2D eigenvalue weighted by Gasteiger charge is -2.45. The number of carbonyl (C=O) groups excluding carboxylic acids is 1. The van der Waals surface area contributed by atoms with E-state index in [4.69, 9.17) is 4.74 Å². The smallest absolute Gasteiger partial charge is 0.255 e. The molecular formula is C36H48N4O5S. The minimum Gasteiger partial charge on any atom is -0.469 e. The average molecular weight is 649 g/mol. The van der Waals surface area contributed by atoms with E-state index in [1.54, 1.807) is 32.0 Å². The van der Waals surface area contributed by atoms with Crippen LogP contribution in [0.2, 0.25) is 0 Å². The van der Waals surface area contributed by atoms with Crippen LogP contribution in [0.25, 0.3) is 0 Å². The summed E-state index contributed by atoms with van der Waals surface area (Å²) in [5, 5.41) is 15.3. The molecule has 0 aliphatic carbocycles. The standard InChI is InChI=1S/C36H48N4O5S/c1-7-9-20-40(46(43,44)29-17-15-26(8-2)16-18-29)32-30-21-27(22-38-34(30)45-36(5,6)33(32)41)35(42)39-19-11-14-28(39)23-37-31-24(3)12-10-13-25(31)4/h10,12-13,15-18,21-22,28,32-33,37,41H,7-9,11,14,19-20,23H2,1-6H3/t28-,32+,33-/m0/s1. The summed E-state index contributed by atoms with van der Waals surface area (Å²) in [6, 6.07) is 13.8. The maximum atomic E-state index is 14.3. The molecule has 2 N–H and O–H groups in total. The van der Waals surface area contributed by atoms with Crippen LogP contribution in [0, 0.1) is 13.8 Å². The number of amides is 1. The van der Waals surface area contributed by atoms with Crippen LogP contribution >= 0.6 is 0 Å². The van der Waals surface area contributed by atoms with E-state index in [0.717, 1.165) is 48.1 Å². The van der Waals surface area contributed by atoms with E-state index < -0.39 is 27.8 Å². The number of ether oxygens (including phenoxy) is 1. The number of benzene rings is 2. The number of hydrogen-bond donors (Lipinski definition) is 2. The second-order valence-corrected chi connectivity index (χ2v) is 15.0. The molecule has 1 amide bonds. The summed E-state index contributed by atoms with van der Waals surface area (Å²) >= 11 is 0. The van der Waals surface area contributed by atoms with Crippen LogP contribution in [0.1, 0.15) is 92.0 Å². The first-order valence-electron chi connectivity index (χ1n) is 16.5. The van der Waals surface area contributed by atoms with Crippen LogP contribution < -0.4 is 10.1 Å². The van der Waals surface area contributed by atoms with Gasteiger partial charge in [0, 0.05) is 43.1 Å². The highest BCUT2D eigenvalue weighted by Crippen LogP contribution is 2.44. The van der Waals surface area contributed by atoms with Gasteiger partial charge in [-0.3, -0.25) is 4.79 Å². The number of aryl methyl sites for hydroxylation is 3. The summed E-state index contributed by atoms with van der Waals surface area (Å²) in [6.45, 7) is 13.1. The Bertz CT molecular complexity index is 1640. The molecule has 0 saturated carbocycles. The summed E-state index contributed by atoms with van der Waals surface area (Å²) in [4.78, 5) is 20.6. The third kappa shape index (κ3) is 6.66. The second-order valence-electron chi connectivity index (χ2n) is 13.1. The summed E-state index contributed by atoms with van der Waals surface area (Å²) in [7, 11) is -4.04. The predicted molar refractivity (Wildman–Crippen MR) is 181 cm³/mol. The Morgan fingerprint density at radius 1 is 1.13 bits per heavy atom. The summed E-state index contributed by atoms with van der Waals surface area (Å²) in [5.74, 6) is 0.0573. The topological polar surface area (TPSA) is 112 Å². The van der Waals surface area contributed by atoms with Crippen molar-refractivity contribution in [3.8, 4) is 5.88 Å². The lowest BCUT2D eigenvalue weighted by molar-refractivity contribution is -0.0819. The maximum Gasteiger partial charge on any atom is 0.255 e. The number of rotatable bonds is 11. The van der Waals surface area contributed by atoms with Crippen LogP contribution in [0.15, 0.2) is 59.6 Å². The van der Waals surface area contributed by atoms with E-state index in [2.05, 4.69) is 36.3 Å². The number of anilines is 1. The van der Waals surface area contributed by atoms with E-state index in [1.165, 1.54) is 10.5 Å². The molecule has 0 radical (unpaired) electrons. The Morgan fingerprint density at radius 2 is 1.83 bits per heavy atom. The third-order valence-electron chi connectivity index (χ3n) is 9.43. The fourth-order valence-corrected chi connectivity index (χ4v) is 8.25. The number of para-hydroxylation sites is 1. The summed E-state index contributed by atoms with van der Waals surface area (Å²) < 4.78 is 36.1. The number of carbonyl (C=O) groups is 1. The molecule has 46 heavy (non-hydrogen) atoms. The van der Waals surface area contributed by atoms with Gasteiger partial charge in [-0.15, -0.1) is 0 Å². The molecule has 0 bridgehead atoms. The zero-order chi connectivity index (χ0) is 33.2. The molecule has 3 heterocycles. The van der Waals surface area contributed by atoms with Crippen LogP contribution in [-0.2, 0) is 16.4 Å². The molecule has 10 heteroatoms. The first-order valence-corrected chi connectivity index (χ1v) is 17.9. The molecule has 3 aromatic rings. The zero-order valence-electron chi connectivity index (χ0n) is 27.9. The molecule has 5 rings (SSSR count). The fourth-order valence-electron chi connectivity index (χ4n) is 6.61. The van der Waals surface area contributed by atoms with Crippen molar-refractivity contribution in [3.05, 3.63) is 82.5 Å². The number of aromatic nitrogens is 1. The molecule has 1 aromatic heterocycles. The highest BCUT2D eigenvalue weighted by molar-refractivity contribution is 7.89. The second kappa shape index (κ2) is 13.7. The summed E-state index contributed by atoms with van der Waals surface area (Å²) in [5.41, 5.74) is 4.06. The molecule has 2 aromatic carbocycles. The van der Waals surface area contributed by atoms with Crippen molar-refractivity contribution in [1.29, 1.82) is 0 Å². The van der Waals surface area contributed by atoms with Crippen molar-refractivity contribution in [2.45, 2.75) is 102 Å². The van der Waals surface area contributed by atoms with Gasteiger partial charge < -0.3 is 20.1 Å². The Hall–Kier alpha value is -3.47. The number of aliphatic hydroxyl groups is 1. The fraction of sp³-hybridized carbons (Fsp3) is 0.500. The Kier molecular flexibility index (Phi) is 10.1. The predicted octanol–water partition coefficient (Wildman–Crippen LogP) is 6.04. The molecule has 248 valence electrons. The number of nitrogens with one attached hydrogen (secondary N) is 1. The van der Waals surface area contributed by atoms with Gasteiger partial charge in [0.1, 0.15) is 11.7 Å². The van der Waals surface area contributed by atoms with Crippen LogP contribution in [-0.4, -0.2) is 71.0 Å². The average Bonchev–Trinajstić information content (AvgIpc) is 3.50. The monoisotopic (exact) mass is 648 g/mol. The molecular weight excluding hydrogens is 600 g/mol. The number of fused-ring (bicyclic) bond motifs is 1. The highest BCUT2D eigenvalue weighted by atomic mass is 32.2. The first kappa shape index (κ1) is 33.9. The molecule has 9 nitrogen and oxygen atoms in total. The number of aliphatic hydroxyl groups excluding tert-OH is 1. The molecule has 0 spiro atoms. The normalized spacial score (nSPS) is 20.8. The van der Waals surface area contributed by atoms with Crippen LogP contribution in [0.3, 0.4) is 0 Å². The van der Waals surface area contributed by atoms with Crippen molar-refractivity contribution in [1.82, 2.24) is 14.2 Å². The van der Waals surface area contributed by atoms with Gasteiger partial charge in [0.15, 0.2) is 0 Å². The Morgan fingerprint density at radius 3 is 2.48 bits per heavy atom. The summed E-state index contributed by atoms with van der Waals surface area (Å²) in [6.07, 6.45) is 4.22. The number of pyridine rings is 1. The first-order chi connectivity index (χ1) is 21.9. The molecule has 2 aliphatic rings. The van der Waals surface area contributed by atoms with Gasteiger partial charge in [-0.2, -0.15) is 4.31 Å². The lowest BCUT2D eigenvalue weighted by atomic mass is 9.87. The molecule has 2 aliphatic heterocycles. The number of unbranched alkanes of at least 4 members (excludes halogenated alkanes) is 1. The largest absolute Gasteiger partial charge is 0.469 e. The molecule has 1 saturated heterocycles. The van der Waals surface area contributed by atoms with E-state index in [-0.39, 0.29) is 29.3 Å². The van der Waals surface area contributed by atoms with Crippen molar-refractivity contribution in [3.63, 3.8) is 0 Å². The van der Waals surface area contributed by atoms with E-state index in [9.17, 15) is 18.3 Å². The SMILES string of the molecule is CCCCN([C@@H]1c2cc(C(=O)N3CCC[C@H]3CNc3c(C)cccc3C)cnc2OC(C)(C)[C@H]1O)S(=O)(=O)c1ccc(CC)cc1. The van der Waals surface area contributed by atoms with Gasteiger partial charge >= 0.3 is 0 Å². The molecule has 3 atom stereocenters. The van der Waals surface area contributed by atoms with Gasteiger partial charge in [-0.25, -0.2) is 13.4 Å². The van der Waals surface area contributed by atoms with Gasteiger partial charge in [-0.1, -0.05) is 50.6 Å². The zero-order valence-corrected chi connectivity index (χ0v) is 28.7. The Balaban J connectivity index is 1.49.